The Morgan fingerprint density at radius 3 is 1.29 bits per heavy atom. The fourth-order valence-electron chi connectivity index (χ4n) is 0. The molecule has 0 saturated heterocycles. The minimum absolute atomic E-state index is 0. The first-order chi connectivity index (χ1) is 2.00. The van der Waals surface area contributed by atoms with Gasteiger partial charge in [-0.15, -0.1) is 0 Å². The van der Waals surface area contributed by atoms with E-state index in [9.17, 15) is 4.11 Å². The van der Waals surface area contributed by atoms with Crippen molar-refractivity contribution in [3.63, 3.8) is 0 Å². The standard InChI is InChI=1S/Al.FH3O3Si.Mg.5H/c;1-5(2,3)4;;;;;;/h;2-4H;;;;;;/q;;+2;;;;2*-1. The van der Waals surface area contributed by atoms with Gasteiger partial charge in [-0.3, -0.25) is 0 Å². The summed E-state index contributed by atoms with van der Waals surface area (Å²) in [5, 5.41) is 0. The molecule has 0 radical (unpaired) electrons. The second-order valence-electron chi connectivity index (χ2n) is 0.554. The molecule has 0 aliphatic heterocycles. The third-order valence-electron chi connectivity index (χ3n) is 0. The van der Waals surface area contributed by atoms with Crippen molar-refractivity contribution in [3.8, 4) is 0 Å². The van der Waals surface area contributed by atoms with Crippen LogP contribution in [0.5, 0.6) is 0 Å². The fraction of sp³-hybridized carbons (Fsp3) is 0. The van der Waals surface area contributed by atoms with Crippen molar-refractivity contribution in [1.82, 2.24) is 0 Å². The number of rotatable bonds is 0. The summed E-state index contributed by atoms with van der Waals surface area (Å²) in [6.45, 7) is 0. The summed E-state index contributed by atoms with van der Waals surface area (Å²) in [5.41, 5.74) is 0. The summed E-state index contributed by atoms with van der Waals surface area (Å²) in [5.74, 6) is 0. The van der Waals surface area contributed by atoms with Crippen LogP contribution in [0.3, 0.4) is 0 Å². The second-order valence-corrected chi connectivity index (χ2v) is 1.66. The molecule has 7 heteroatoms. The Balaban J connectivity index is -0.0000000133. The van der Waals surface area contributed by atoms with E-state index in [4.69, 9.17) is 14.4 Å². The van der Waals surface area contributed by atoms with Crippen molar-refractivity contribution >= 4 is 49.6 Å². The van der Waals surface area contributed by atoms with E-state index >= 15 is 0 Å². The fourth-order valence-corrected chi connectivity index (χ4v) is 0. The molecule has 0 saturated carbocycles. The molecule has 0 amide bonds. The molecule has 0 unspecified atom stereocenters. The van der Waals surface area contributed by atoms with Crippen molar-refractivity contribution in [3.05, 3.63) is 0 Å². The van der Waals surface area contributed by atoms with E-state index in [1.54, 1.807) is 0 Å². The van der Waals surface area contributed by atoms with Crippen LogP contribution in [-0.2, 0) is 0 Å². The van der Waals surface area contributed by atoms with Gasteiger partial charge in [0.15, 0.2) is 17.4 Å². The van der Waals surface area contributed by atoms with E-state index in [1.165, 1.54) is 0 Å². The number of hydrogen-bond acceptors (Lipinski definition) is 3. The first-order valence-electron chi connectivity index (χ1n) is 0.860. The number of hydrogen-bond donors (Lipinski definition) is 3. The van der Waals surface area contributed by atoms with Crippen LogP contribution in [0, 0.1) is 0 Å². The Kier molecular flexibility index (Phi) is 12.3. The molecule has 0 bridgehead atoms. The Hall–Kier alpha value is 1.33. The summed E-state index contributed by atoms with van der Waals surface area (Å²) >= 11 is 0. The van der Waals surface area contributed by atoms with Gasteiger partial charge in [0.25, 0.3) is 0 Å². The van der Waals surface area contributed by atoms with Crippen molar-refractivity contribution in [2.24, 2.45) is 0 Å². The first kappa shape index (κ1) is 15.8. The summed E-state index contributed by atoms with van der Waals surface area (Å²) < 4.78 is 10.5. The Morgan fingerprint density at radius 2 is 1.29 bits per heavy atom. The van der Waals surface area contributed by atoms with Gasteiger partial charge in [0, 0.05) is 0 Å². The molecule has 0 spiro atoms. The average Bonchev–Trinajstić information content (AvgIpc) is 0.722. The van der Waals surface area contributed by atoms with Gasteiger partial charge >= 0.3 is 32.2 Å². The molecule has 42 valence electrons. The van der Waals surface area contributed by atoms with Gasteiger partial charge in [0.1, 0.15) is 0 Å². The molecule has 3 nitrogen and oxygen atoms in total. The van der Waals surface area contributed by atoms with Gasteiger partial charge < -0.3 is 17.2 Å². The molecule has 0 aliphatic rings. The zero-order valence-electron chi connectivity index (χ0n) is 4.93. The van der Waals surface area contributed by atoms with Gasteiger partial charge in [0.05, 0.1) is 0 Å². The smallest absolute Gasteiger partial charge is 1.00 e. The minimum Gasteiger partial charge on any atom is -1.00 e. The molecule has 0 atom stereocenters. The van der Waals surface area contributed by atoms with Crippen LogP contribution in [0.1, 0.15) is 2.85 Å². The van der Waals surface area contributed by atoms with Crippen LogP contribution < -0.4 is 0 Å². The predicted molar refractivity (Wildman–Crippen MR) is 31.4 cm³/mol. The van der Waals surface area contributed by atoms with Crippen molar-refractivity contribution < 1.29 is 21.3 Å². The van der Waals surface area contributed by atoms with Gasteiger partial charge in [-0.05, 0) is 0 Å². The maximum Gasteiger partial charge on any atom is 2.00 e. The molecule has 0 aliphatic carbocycles. The van der Waals surface area contributed by atoms with E-state index < -0.39 is 9.14 Å². The van der Waals surface area contributed by atoms with E-state index in [1.807, 2.05) is 0 Å². The summed E-state index contributed by atoms with van der Waals surface area (Å²) in [6, 6.07) is 0. The van der Waals surface area contributed by atoms with Gasteiger partial charge in [-0.25, -0.2) is 4.11 Å². The predicted octanol–water partition coefficient (Wildman–Crippen LogP) is -2.97. The van der Waals surface area contributed by atoms with E-state index in [0.717, 1.165) is 0 Å². The first-order valence-corrected chi connectivity index (χ1v) is 2.58. The molecular weight excluding hydrogens is 146 g/mol. The summed E-state index contributed by atoms with van der Waals surface area (Å²) in [7, 11) is -5.11. The molecule has 0 aromatic heterocycles. The monoisotopic (exact) mass is 154 g/mol. The van der Waals surface area contributed by atoms with Crippen molar-refractivity contribution in [2.75, 3.05) is 0 Å². The molecule has 0 fully saturated rings. The van der Waals surface area contributed by atoms with Crippen LogP contribution >= 0.6 is 0 Å². The van der Waals surface area contributed by atoms with Crippen LogP contribution in [-0.4, -0.2) is 63.9 Å². The summed E-state index contributed by atoms with van der Waals surface area (Å²) in [6.07, 6.45) is 0. The maximum atomic E-state index is 10.5. The molecule has 0 rings (SSSR count). The van der Waals surface area contributed by atoms with Gasteiger partial charge in [0.2, 0.25) is 0 Å². The van der Waals surface area contributed by atoms with Crippen molar-refractivity contribution in [2.45, 2.75) is 0 Å². The van der Waals surface area contributed by atoms with Gasteiger partial charge in [-0.2, -0.15) is 0 Å². The van der Waals surface area contributed by atoms with Crippen LogP contribution in [0.15, 0.2) is 0 Å². The molecule has 3 N–H and O–H groups in total. The maximum absolute atomic E-state index is 10.5. The molecule has 0 aromatic carbocycles. The Morgan fingerprint density at radius 1 is 1.29 bits per heavy atom. The topological polar surface area (TPSA) is 60.7 Å². The third kappa shape index (κ3) is 118. The van der Waals surface area contributed by atoms with Crippen LogP contribution in [0.2, 0.25) is 0 Å². The van der Waals surface area contributed by atoms with E-state index in [2.05, 4.69) is 0 Å². The summed E-state index contributed by atoms with van der Waals surface area (Å²) in [4.78, 5) is 21.3. The number of halogens is 1. The molecule has 7 heavy (non-hydrogen) atoms. The Bertz CT molecular complexity index is 37.3. The van der Waals surface area contributed by atoms with Crippen molar-refractivity contribution in [1.29, 1.82) is 0 Å². The third-order valence-corrected chi connectivity index (χ3v) is 0. The van der Waals surface area contributed by atoms with Gasteiger partial charge in [-0.1, -0.05) is 0 Å². The van der Waals surface area contributed by atoms with Crippen LogP contribution in [0.25, 0.3) is 0 Å². The second kappa shape index (κ2) is 5.46. The quantitative estimate of drug-likeness (QED) is 0.258. The SMILES string of the molecule is O[Si](O)(O)F.[AlH3].[H-].[H-].[Mg+2]. The Labute approximate surface area is 71.0 Å². The molecular formula is H8AlFMgO3Si. The molecule has 0 heterocycles. The van der Waals surface area contributed by atoms with E-state index in [-0.39, 0.29) is 43.3 Å². The minimum atomic E-state index is -5.11. The van der Waals surface area contributed by atoms with Crippen LogP contribution in [0.4, 0.5) is 4.11 Å². The largest absolute Gasteiger partial charge is 2.00 e. The average molecular weight is 154 g/mol. The zero-order valence-corrected chi connectivity index (χ0v) is 5.34. The normalized spacial score (nSPS) is 8.57. The zero-order chi connectivity index (χ0) is 4.50. The molecule has 0 aromatic rings. The van der Waals surface area contributed by atoms with E-state index in [0.29, 0.717) is 0 Å².